The van der Waals surface area contributed by atoms with E-state index in [9.17, 15) is 9.18 Å². The number of para-hydroxylation sites is 1. The third kappa shape index (κ3) is 3.96. The highest BCUT2D eigenvalue weighted by molar-refractivity contribution is 8.01. The van der Waals surface area contributed by atoms with E-state index in [2.05, 4.69) is 28.5 Å². The zero-order valence-corrected chi connectivity index (χ0v) is 16.2. The molecule has 1 aromatic heterocycles. The number of nitrogens with zero attached hydrogens (tertiary/aromatic N) is 3. The van der Waals surface area contributed by atoms with Gasteiger partial charge in [0.05, 0.1) is 5.75 Å². The van der Waals surface area contributed by atoms with Crippen molar-refractivity contribution in [1.29, 1.82) is 0 Å². The molecule has 0 aliphatic carbocycles. The van der Waals surface area contributed by atoms with E-state index in [4.69, 9.17) is 0 Å². The van der Waals surface area contributed by atoms with E-state index in [1.165, 1.54) is 40.8 Å². The third-order valence-corrected chi connectivity index (χ3v) is 6.23. The van der Waals surface area contributed by atoms with Crippen LogP contribution in [0.1, 0.15) is 12.5 Å². The van der Waals surface area contributed by atoms with Crippen LogP contribution in [0.3, 0.4) is 0 Å². The second-order valence-electron chi connectivity index (χ2n) is 6.24. The normalized spacial score (nSPS) is 15.6. The van der Waals surface area contributed by atoms with Crippen LogP contribution in [0.4, 0.5) is 20.9 Å². The number of carbonyl (C=O) groups excluding carboxylic acids is 1. The molecular weight excluding hydrogens is 383 g/mol. The summed E-state index contributed by atoms with van der Waals surface area (Å²) in [4.78, 5) is 14.6. The molecule has 0 radical (unpaired) electrons. The maximum absolute atomic E-state index is 13.3. The zero-order chi connectivity index (χ0) is 18.8. The number of fused-ring (bicyclic) bond motifs is 1. The van der Waals surface area contributed by atoms with Gasteiger partial charge < -0.3 is 10.2 Å². The Balaban J connectivity index is 1.38. The Morgan fingerprint density at radius 1 is 1.30 bits per heavy atom. The molecule has 1 aliphatic heterocycles. The average molecular weight is 401 g/mol. The predicted molar refractivity (Wildman–Crippen MR) is 107 cm³/mol. The SMILES string of the molecule is C[C@H]1Cc2ccccc2N1C(=O)CSc1nnc(Nc2cccc(F)c2)s1. The lowest BCUT2D eigenvalue weighted by molar-refractivity contribution is -0.116. The van der Waals surface area contributed by atoms with E-state index in [1.807, 2.05) is 23.1 Å². The second kappa shape index (κ2) is 7.66. The molecule has 3 aromatic rings. The van der Waals surface area contributed by atoms with Gasteiger partial charge in [0.15, 0.2) is 4.34 Å². The van der Waals surface area contributed by atoms with Crippen molar-refractivity contribution in [2.24, 2.45) is 0 Å². The largest absolute Gasteiger partial charge is 0.330 e. The lowest BCUT2D eigenvalue weighted by atomic mass is 10.1. The molecule has 1 aliphatic rings. The first-order valence-corrected chi connectivity index (χ1v) is 10.3. The summed E-state index contributed by atoms with van der Waals surface area (Å²) in [7, 11) is 0. The molecule has 27 heavy (non-hydrogen) atoms. The first kappa shape index (κ1) is 17.9. The van der Waals surface area contributed by atoms with Gasteiger partial charge in [-0.2, -0.15) is 0 Å². The van der Waals surface area contributed by atoms with Crippen LogP contribution in [0.25, 0.3) is 0 Å². The van der Waals surface area contributed by atoms with Crippen molar-refractivity contribution in [1.82, 2.24) is 10.2 Å². The van der Waals surface area contributed by atoms with Gasteiger partial charge in [0, 0.05) is 17.4 Å². The number of carbonyl (C=O) groups is 1. The summed E-state index contributed by atoms with van der Waals surface area (Å²) in [6, 6.07) is 14.3. The monoisotopic (exact) mass is 400 g/mol. The van der Waals surface area contributed by atoms with Gasteiger partial charge >= 0.3 is 0 Å². The number of hydrogen-bond acceptors (Lipinski definition) is 6. The van der Waals surface area contributed by atoms with Crippen molar-refractivity contribution in [3.8, 4) is 0 Å². The quantitative estimate of drug-likeness (QED) is 0.640. The van der Waals surface area contributed by atoms with Gasteiger partial charge in [-0.3, -0.25) is 4.79 Å². The van der Waals surface area contributed by atoms with Crippen LogP contribution in [0, 0.1) is 5.82 Å². The van der Waals surface area contributed by atoms with E-state index < -0.39 is 0 Å². The lowest BCUT2D eigenvalue weighted by Crippen LogP contribution is -2.36. The highest BCUT2D eigenvalue weighted by atomic mass is 32.2. The zero-order valence-electron chi connectivity index (χ0n) is 14.6. The number of rotatable bonds is 5. The lowest BCUT2D eigenvalue weighted by Gasteiger charge is -2.22. The molecule has 8 heteroatoms. The molecule has 1 atom stereocenters. The van der Waals surface area contributed by atoms with Crippen LogP contribution in [-0.2, 0) is 11.2 Å². The minimum Gasteiger partial charge on any atom is -0.330 e. The van der Waals surface area contributed by atoms with Crippen molar-refractivity contribution in [3.05, 3.63) is 59.9 Å². The molecule has 2 aromatic carbocycles. The molecule has 2 heterocycles. The standard InChI is InChI=1S/C19H17FN4OS2/c1-12-9-13-5-2-3-8-16(13)24(12)17(25)11-26-19-23-22-18(27-19)21-15-7-4-6-14(20)10-15/h2-8,10,12H,9,11H2,1H3,(H,21,22)/t12-/m0/s1. The molecule has 0 fully saturated rings. The average Bonchev–Trinajstić information content (AvgIpc) is 3.22. The Hall–Kier alpha value is -2.45. The Morgan fingerprint density at radius 2 is 2.15 bits per heavy atom. The number of benzene rings is 2. The molecular formula is C19H17FN4OS2. The van der Waals surface area contributed by atoms with Crippen LogP contribution in [0.15, 0.2) is 52.9 Å². The van der Waals surface area contributed by atoms with Crippen LogP contribution in [0.5, 0.6) is 0 Å². The molecule has 0 unspecified atom stereocenters. The van der Waals surface area contributed by atoms with E-state index in [0.717, 1.165) is 12.1 Å². The maximum atomic E-state index is 13.3. The fourth-order valence-electron chi connectivity index (χ4n) is 3.15. The van der Waals surface area contributed by atoms with Crippen LogP contribution in [-0.4, -0.2) is 27.9 Å². The van der Waals surface area contributed by atoms with Gasteiger partial charge in [0.2, 0.25) is 11.0 Å². The summed E-state index contributed by atoms with van der Waals surface area (Å²) in [5.74, 6) is 0.0461. The molecule has 138 valence electrons. The third-order valence-electron chi connectivity index (χ3n) is 4.28. The predicted octanol–water partition coefficient (Wildman–Crippen LogP) is 4.49. The number of aromatic nitrogens is 2. The number of thioether (sulfide) groups is 1. The van der Waals surface area contributed by atoms with Gasteiger partial charge in [-0.1, -0.05) is 47.4 Å². The van der Waals surface area contributed by atoms with Crippen molar-refractivity contribution in [2.45, 2.75) is 23.7 Å². The molecule has 0 saturated carbocycles. The van der Waals surface area contributed by atoms with Gasteiger partial charge in [-0.05, 0) is 43.2 Å². The van der Waals surface area contributed by atoms with Gasteiger partial charge in [0.1, 0.15) is 5.82 Å². The minimum atomic E-state index is -0.315. The second-order valence-corrected chi connectivity index (χ2v) is 8.44. The fraction of sp³-hybridized carbons (Fsp3) is 0.211. The number of nitrogens with one attached hydrogen (secondary N) is 1. The van der Waals surface area contributed by atoms with E-state index in [0.29, 0.717) is 20.9 Å². The van der Waals surface area contributed by atoms with Crippen molar-refractivity contribution in [2.75, 3.05) is 16.0 Å². The van der Waals surface area contributed by atoms with Crippen LogP contribution >= 0.6 is 23.1 Å². The number of anilines is 3. The Labute approximate surface area is 164 Å². The fourth-order valence-corrected chi connectivity index (χ4v) is 4.78. The topological polar surface area (TPSA) is 58.1 Å². The summed E-state index contributed by atoms with van der Waals surface area (Å²) in [6.45, 7) is 2.06. The van der Waals surface area contributed by atoms with E-state index >= 15 is 0 Å². The first-order valence-electron chi connectivity index (χ1n) is 8.49. The van der Waals surface area contributed by atoms with Gasteiger partial charge in [-0.25, -0.2) is 4.39 Å². The summed E-state index contributed by atoms with van der Waals surface area (Å²) in [5.41, 5.74) is 2.82. The van der Waals surface area contributed by atoms with Gasteiger partial charge in [0.25, 0.3) is 0 Å². The molecule has 0 saturated heterocycles. The van der Waals surface area contributed by atoms with Crippen LogP contribution in [0.2, 0.25) is 0 Å². The van der Waals surface area contributed by atoms with E-state index in [-0.39, 0.29) is 17.8 Å². The number of amides is 1. The van der Waals surface area contributed by atoms with Gasteiger partial charge in [-0.15, -0.1) is 10.2 Å². The van der Waals surface area contributed by atoms with E-state index in [1.54, 1.807) is 12.1 Å². The van der Waals surface area contributed by atoms with Crippen molar-refractivity contribution >= 4 is 45.5 Å². The minimum absolute atomic E-state index is 0.0623. The molecule has 4 rings (SSSR count). The summed E-state index contributed by atoms with van der Waals surface area (Å²) < 4.78 is 13.9. The number of halogens is 1. The number of hydrogen-bond donors (Lipinski definition) is 1. The smallest absolute Gasteiger partial charge is 0.237 e. The summed E-state index contributed by atoms with van der Waals surface area (Å²) >= 11 is 2.71. The maximum Gasteiger partial charge on any atom is 0.237 e. The van der Waals surface area contributed by atoms with Crippen LogP contribution < -0.4 is 10.2 Å². The summed E-state index contributed by atoms with van der Waals surface area (Å²) in [5, 5.41) is 11.7. The Kier molecular flexibility index (Phi) is 5.09. The molecule has 1 amide bonds. The Morgan fingerprint density at radius 3 is 3.00 bits per heavy atom. The molecule has 0 spiro atoms. The van der Waals surface area contributed by atoms with Crippen molar-refractivity contribution in [3.63, 3.8) is 0 Å². The molecule has 1 N–H and O–H groups in total. The summed E-state index contributed by atoms with van der Waals surface area (Å²) in [6.07, 6.45) is 0.882. The highest BCUT2D eigenvalue weighted by Crippen LogP contribution is 2.33. The highest BCUT2D eigenvalue weighted by Gasteiger charge is 2.30. The molecule has 0 bridgehead atoms. The van der Waals surface area contributed by atoms with Crippen molar-refractivity contribution < 1.29 is 9.18 Å². The molecule has 5 nitrogen and oxygen atoms in total. The Bertz CT molecular complexity index is 978. The first-order chi connectivity index (χ1) is 13.1.